The minimum Gasteiger partial charge on any atom is -0.493 e. The van der Waals surface area contributed by atoms with Gasteiger partial charge in [-0.3, -0.25) is 14.6 Å². The number of aliphatic imine (C=N–C) groups is 1. The molecule has 3 N–H and O–H groups in total. The van der Waals surface area contributed by atoms with Crippen molar-refractivity contribution in [2.24, 2.45) is 4.99 Å². The molecule has 20 heavy (non-hydrogen) atoms. The molecule has 0 radical (unpaired) electrons. The maximum atomic E-state index is 10.7. The number of hydrogen-bond acceptors (Lipinski definition) is 5. The molecule has 7 heteroatoms. The van der Waals surface area contributed by atoms with Crippen LogP contribution in [0.4, 0.5) is 0 Å². The van der Waals surface area contributed by atoms with Crippen molar-refractivity contribution >= 4 is 17.7 Å². The van der Waals surface area contributed by atoms with Gasteiger partial charge in [0.2, 0.25) is 0 Å². The van der Waals surface area contributed by atoms with Crippen LogP contribution in [0.1, 0.15) is 32.1 Å². The standard InChI is InChI=1S/C13H20N2O5/c1-20-13-9(14-7-11(16)17)5-3-2-4-6-10(13)15-8-12(18)19/h14H,2-8H2,1H3,(H,16,17)(H,18,19)/b13-9-,15-10+. The van der Waals surface area contributed by atoms with Gasteiger partial charge in [0, 0.05) is 0 Å². The molecule has 1 aliphatic carbocycles. The van der Waals surface area contributed by atoms with Crippen molar-refractivity contribution in [1.82, 2.24) is 5.32 Å². The van der Waals surface area contributed by atoms with Crippen molar-refractivity contribution in [2.45, 2.75) is 32.1 Å². The Hall–Kier alpha value is -2.05. The van der Waals surface area contributed by atoms with Gasteiger partial charge in [0.05, 0.1) is 18.5 Å². The smallest absolute Gasteiger partial charge is 0.325 e. The van der Waals surface area contributed by atoms with Gasteiger partial charge in [-0.2, -0.15) is 0 Å². The van der Waals surface area contributed by atoms with Gasteiger partial charge >= 0.3 is 11.9 Å². The Labute approximate surface area is 117 Å². The number of ether oxygens (including phenoxy) is 1. The summed E-state index contributed by atoms with van der Waals surface area (Å²) in [6.07, 6.45) is 4.14. The van der Waals surface area contributed by atoms with E-state index in [1.807, 2.05) is 0 Å². The highest BCUT2D eigenvalue weighted by molar-refractivity contribution is 5.99. The lowest BCUT2D eigenvalue weighted by atomic mass is 10.0. The zero-order valence-electron chi connectivity index (χ0n) is 11.5. The van der Waals surface area contributed by atoms with Gasteiger partial charge in [-0.05, 0) is 25.7 Å². The van der Waals surface area contributed by atoms with E-state index in [-0.39, 0.29) is 13.1 Å². The number of nitrogens with zero attached hydrogens (tertiary/aromatic N) is 1. The van der Waals surface area contributed by atoms with Gasteiger partial charge < -0.3 is 20.3 Å². The number of carbonyl (C=O) groups is 2. The molecule has 0 saturated heterocycles. The third kappa shape index (κ3) is 5.29. The van der Waals surface area contributed by atoms with Crippen LogP contribution in [-0.4, -0.2) is 48.1 Å². The summed E-state index contributed by atoms with van der Waals surface area (Å²) in [4.78, 5) is 25.3. The van der Waals surface area contributed by atoms with Gasteiger partial charge in [0.15, 0.2) is 5.76 Å². The molecule has 1 aliphatic rings. The summed E-state index contributed by atoms with van der Waals surface area (Å²) >= 11 is 0. The molecule has 0 saturated carbocycles. The molecule has 7 nitrogen and oxygen atoms in total. The molecular weight excluding hydrogens is 264 g/mol. The van der Waals surface area contributed by atoms with Crippen molar-refractivity contribution in [2.75, 3.05) is 20.2 Å². The Morgan fingerprint density at radius 3 is 2.50 bits per heavy atom. The highest BCUT2D eigenvalue weighted by atomic mass is 16.5. The molecule has 0 aromatic rings. The zero-order valence-corrected chi connectivity index (χ0v) is 11.5. The first kappa shape index (κ1) is 16.0. The molecule has 0 fully saturated rings. The van der Waals surface area contributed by atoms with Crippen LogP contribution in [0.15, 0.2) is 16.4 Å². The number of methoxy groups -OCH3 is 1. The lowest BCUT2D eigenvalue weighted by Gasteiger charge is -2.19. The number of carboxylic acids is 2. The van der Waals surface area contributed by atoms with E-state index in [9.17, 15) is 9.59 Å². The fourth-order valence-corrected chi connectivity index (χ4v) is 2.08. The Balaban J connectivity index is 3.00. The van der Waals surface area contributed by atoms with Crippen LogP contribution < -0.4 is 5.32 Å². The predicted octanol–water partition coefficient (Wildman–Crippen LogP) is 1.01. The first-order valence-electron chi connectivity index (χ1n) is 6.53. The van der Waals surface area contributed by atoms with Crippen LogP contribution in [0.25, 0.3) is 0 Å². The van der Waals surface area contributed by atoms with Crippen LogP contribution in [0.3, 0.4) is 0 Å². The molecule has 0 aromatic heterocycles. The number of allylic oxidation sites excluding steroid dienone is 2. The molecule has 0 aromatic carbocycles. The minimum absolute atomic E-state index is 0.200. The van der Waals surface area contributed by atoms with Gasteiger partial charge in [-0.25, -0.2) is 0 Å². The summed E-state index contributed by atoms with van der Waals surface area (Å²) in [5.74, 6) is -1.48. The lowest BCUT2D eigenvalue weighted by Crippen LogP contribution is -2.26. The Morgan fingerprint density at radius 1 is 1.20 bits per heavy atom. The topological polar surface area (TPSA) is 108 Å². The summed E-state index contributed by atoms with van der Waals surface area (Å²) in [5, 5.41) is 20.3. The van der Waals surface area contributed by atoms with E-state index in [2.05, 4.69) is 10.3 Å². The van der Waals surface area contributed by atoms with Crippen LogP contribution >= 0.6 is 0 Å². The number of aliphatic carboxylic acids is 2. The fraction of sp³-hybridized carbons (Fsp3) is 0.615. The summed E-state index contributed by atoms with van der Waals surface area (Å²) in [7, 11) is 1.48. The first-order chi connectivity index (χ1) is 9.54. The first-order valence-corrected chi connectivity index (χ1v) is 6.53. The van der Waals surface area contributed by atoms with Crippen molar-refractivity contribution < 1.29 is 24.5 Å². The molecule has 0 heterocycles. The van der Waals surface area contributed by atoms with E-state index < -0.39 is 11.9 Å². The number of carboxylic acid groups (broad SMARTS) is 2. The predicted molar refractivity (Wildman–Crippen MR) is 72.7 cm³/mol. The fourth-order valence-electron chi connectivity index (χ4n) is 2.08. The normalized spacial score (nSPS) is 21.9. The van der Waals surface area contributed by atoms with Crippen LogP contribution in [0, 0.1) is 0 Å². The van der Waals surface area contributed by atoms with E-state index >= 15 is 0 Å². The second-order valence-electron chi connectivity index (χ2n) is 4.48. The number of nitrogens with one attached hydrogen (secondary N) is 1. The van der Waals surface area contributed by atoms with Crippen LogP contribution in [0.5, 0.6) is 0 Å². The molecule has 0 aliphatic heterocycles. The third-order valence-electron chi connectivity index (χ3n) is 2.94. The molecule has 0 unspecified atom stereocenters. The monoisotopic (exact) mass is 284 g/mol. The third-order valence-corrected chi connectivity index (χ3v) is 2.94. The Kier molecular flexibility index (Phi) is 6.55. The molecule has 0 atom stereocenters. The van der Waals surface area contributed by atoms with Crippen LogP contribution in [0.2, 0.25) is 0 Å². The molecule has 0 amide bonds. The van der Waals surface area contributed by atoms with Gasteiger partial charge in [-0.1, -0.05) is 6.42 Å². The average molecular weight is 284 g/mol. The maximum Gasteiger partial charge on any atom is 0.325 e. The molecule has 1 rings (SSSR count). The minimum atomic E-state index is -1.00. The summed E-state index contributed by atoms with van der Waals surface area (Å²) in [5.41, 5.74) is 1.27. The second-order valence-corrected chi connectivity index (χ2v) is 4.48. The molecule has 0 spiro atoms. The van der Waals surface area contributed by atoms with Gasteiger partial charge in [0.25, 0.3) is 0 Å². The summed E-state index contributed by atoms with van der Waals surface area (Å²) in [6.45, 7) is -0.511. The van der Waals surface area contributed by atoms with Gasteiger partial charge in [-0.15, -0.1) is 0 Å². The lowest BCUT2D eigenvalue weighted by molar-refractivity contribution is -0.136. The van der Waals surface area contributed by atoms with Crippen molar-refractivity contribution in [1.29, 1.82) is 0 Å². The molecular formula is C13H20N2O5. The zero-order chi connectivity index (χ0) is 15.0. The Morgan fingerprint density at radius 2 is 1.90 bits per heavy atom. The number of hydrogen-bond donors (Lipinski definition) is 3. The summed E-state index contributed by atoms with van der Waals surface area (Å²) < 4.78 is 5.32. The Bertz CT molecular complexity index is 428. The van der Waals surface area contributed by atoms with E-state index in [4.69, 9.17) is 14.9 Å². The van der Waals surface area contributed by atoms with E-state index in [1.54, 1.807) is 0 Å². The van der Waals surface area contributed by atoms with E-state index in [1.165, 1.54) is 7.11 Å². The van der Waals surface area contributed by atoms with Crippen LogP contribution in [-0.2, 0) is 14.3 Å². The summed E-state index contributed by atoms with van der Waals surface area (Å²) in [6, 6.07) is 0. The van der Waals surface area contributed by atoms with E-state index in [0.717, 1.165) is 19.3 Å². The highest BCUT2D eigenvalue weighted by Crippen LogP contribution is 2.20. The van der Waals surface area contributed by atoms with Gasteiger partial charge in [0.1, 0.15) is 13.1 Å². The number of rotatable bonds is 6. The van der Waals surface area contributed by atoms with Crippen molar-refractivity contribution in [3.63, 3.8) is 0 Å². The van der Waals surface area contributed by atoms with Crippen molar-refractivity contribution in [3.8, 4) is 0 Å². The quantitative estimate of drug-likeness (QED) is 0.671. The molecule has 0 bridgehead atoms. The largest absolute Gasteiger partial charge is 0.493 e. The second kappa shape index (κ2) is 8.19. The average Bonchev–Trinajstić information content (AvgIpc) is 2.36. The van der Waals surface area contributed by atoms with E-state index in [0.29, 0.717) is 30.0 Å². The maximum absolute atomic E-state index is 10.7. The van der Waals surface area contributed by atoms with Crippen molar-refractivity contribution in [3.05, 3.63) is 11.5 Å². The molecule has 112 valence electrons. The highest BCUT2D eigenvalue weighted by Gasteiger charge is 2.17. The SMILES string of the molecule is CO/C1=C(\NCC(=O)O)CCCCC\C1=N/CC(=O)O.